The molecule has 0 bridgehead atoms. The van der Waals surface area contributed by atoms with Crippen LogP contribution in [0.25, 0.3) is 22.3 Å². The summed E-state index contributed by atoms with van der Waals surface area (Å²) in [6.07, 6.45) is 2.11. The number of nitrogens with zero attached hydrogens (tertiary/aromatic N) is 4. The molecule has 1 fully saturated rings. The van der Waals surface area contributed by atoms with E-state index in [4.69, 9.17) is 14.7 Å². The second-order valence-electron chi connectivity index (χ2n) is 9.94. The van der Waals surface area contributed by atoms with Gasteiger partial charge in [-0.1, -0.05) is 12.5 Å². The van der Waals surface area contributed by atoms with E-state index in [-0.39, 0.29) is 45.3 Å². The number of fused-ring (bicyclic) bond motifs is 1. The monoisotopic (exact) mass is 701 g/mol. The minimum absolute atomic E-state index is 0. The molecule has 5 rings (SSSR count). The molecule has 1 saturated heterocycles. The van der Waals surface area contributed by atoms with Crippen LogP contribution in [0.2, 0.25) is 0 Å². The summed E-state index contributed by atoms with van der Waals surface area (Å²) in [5, 5.41) is 3.87. The molecular weight excluding hydrogens is 665 g/mol. The number of aromatic nitrogens is 3. The molecular formula is C31H35N5O2Os-. The number of amides is 1. The number of hydrogen-bond acceptors (Lipinski definition) is 6. The Morgan fingerprint density at radius 1 is 1.05 bits per heavy atom. The third-order valence-electron chi connectivity index (χ3n) is 6.78. The Kier molecular flexibility index (Phi) is 9.93. The topological polar surface area (TPSA) is 80.2 Å². The quantitative estimate of drug-likeness (QED) is 0.281. The maximum atomic E-state index is 12.5. The molecule has 39 heavy (non-hydrogen) atoms. The van der Waals surface area contributed by atoms with Crippen LogP contribution in [-0.2, 0) is 31.1 Å². The van der Waals surface area contributed by atoms with Crippen molar-refractivity contribution >= 4 is 22.6 Å². The SMILES string of the molecule is Cc1[c-]cc(C(=O)NCc2cc3nc(-c4cc(C)c(C)c(N5C[C@@H](C)O[C@@H](C)C5)n4)ccc3cn2)cc1.[CH3-].[Os+]. The number of rotatable bonds is 5. The van der Waals surface area contributed by atoms with Gasteiger partial charge >= 0.3 is 19.8 Å². The molecule has 0 spiro atoms. The molecule has 0 aliphatic carbocycles. The van der Waals surface area contributed by atoms with Crippen molar-refractivity contribution < 1.29 is 29.3 Å². The summed E-state index contributed by atoms with van der Waals surface area (Å²) in [5.41, 5.74) is 7.14. The number of morpholine rings is 1. The van der Waals surface area contributed by atoms with Crippen molar-refractivity contribution in [2.24, 2.45) is 0 Å². The number of ether oxygens (including phenoxy) is 1. The van der Waals surface area contributed by atoms with Crippen molar-refractivity contribution in [2.45, 2.75) is 53.4 Å². The zero-order valence-electron chi connectivity index (χ0n) is 23.4. The summed E-state index contributed by atoms with van der Waals surface area (Å²) in [6.45, 7) is 12.3. The minimum Gasteiger partial charge on any atom is -0.372 e. The van der Waals surface area contributed by atoms with Crippen molar-refractivity contribution in [1.29, 1.82) is 0 Å². The molecule has 1 amide bonds. The summed E-state index contributed by atoms with van der Waals surface area (Å²) in [7, 11) is 0. The smallest absolute Gasteiger partial charge is 0.372 e. The molecule has 1 aliphatic rings. The molecule has 8 heteroatoms. The van der Waals surface area contributed by atoms with E-state index in [9.17, 15) is 4.79 Å². The summed E-state index contributed by atoms with van der Waals surface area (Å²) >= 11 is 0. The maximum absolute atomic E-state index is 12.5. The molecule has 1 aromatic carbocycles. The van der Waals surface area contributed by atoms with Gasteiger partial charge in [0.25, 0.3) is 0 Å². The van der Waals surface area contributed by atoms with Gasteiger partial charge in [0.05, 0.1) is 41.4 Å². The number of carbonyl (C=O) groups excluding carboxylic acids is 1. The fourth-order valence-corrected chi connectivity index (χ4v) is 4.72. The van der Waals surface area contributed by atoms with E-state index in [1.54, 1.807) is 18.3 Å². The van der Waals surface area contributed by atoms with Crippen LogP contribution in [0, 0.1) is 34.3 Å². The average Bonchev–Trinajstić information content (AvgIpc) is 2.88. The van der Waals surface area contributed by atoms with Gasteiger partial charge in [0.1, 0.15) is 5.82 Å². The summed E-state index contributed by atoms with van der Waals surface area (Å²) in [6, 6.07) is 16.5. The third-order valence-corrected chi connectivity index (χ3v) is 6.78. The molecule has 7 nitrogen and oxygen atoms in total. The van der Waals surface area contributed by atoms with Gasteiger partial charge in [-0.3, -0.25) is 9.78 Å². The van der Waals surface area contributed by atoms with Gasteiger partial charge in [-0.15, -0.1) is 0 Å². The van der Waals surface area contributed by atoms with Crippen molar-refractivity contribution in [1.82, 2.24) is 20.3 Å². The Morgan fingerprint density at radius 3 is 2.49 bits per heavy atom. The van der Waals surface area contributed by atoms with E-state index in [2.05, 4.69) is 55.0 Å². The second-order valence-corrected chi connectivity index (χ2v) is 9.94. The van der Waals surface area contributed by atoms with Crippen LogP contribution in [0.5, 0.6) is 0 Å². The Bertz CT molecular complexity index is 1450. The molecule has 1 N–H and O–H groups in total. The first kappa shape index (κ1) is 30.3. The van der Waals surface area contributed by atoms with Gasteiger partial charge in [-0.05, 0) is 63.1 Å². The molecule has 1 radical (unpaired) electrons. The van der Waals surface area contributed by atoms with Gasteiger partial charge in [0, 0.05) is 24.7 Å². The van der Waals surface area contributed by atoms with Gasteiger partial charge in [-0.2, -0.15) is 29.8 Å². The standard InChI is InChI=1S/C30H32N5O2.CH3.Os/c1-18-6-8-23(9-7-18)30(36)32-15-25-13-27-24(14-31-25)10-11-26(33-27)28-12-19(2)22(5)29(34-28)35-16-20(3)37-21(4)17-35;;/h6,8-14,20-21H,15-17H2,1-5H3,(H,32,36);1H3;/q2*-1;+1/t20-,21+;;. The van der Waals surface area contributed by atoms with Crippen molar-refractivity contribution in [2.75, 3.05) is 18.0 Å². The first-order chi connectivity index (χ1) is 17.8. The molecule has 0 unspecified atom stereocenters. The van der Waals surface area contributed by atoms with Gasteiger partial charge in [0.2, 0.25) is 0 Å². The molecule has 1 aliphatic heterocycles. The minimum atomic E-state index is -0.154. The van der Waals surface area contributed by atoms with Gasteiger partial charge in [-0.25, -0.2) is 9.97 Å². The number of carbonyl (C=O) groups is 1. The Labute approximate surface area is 244 Å². The van der Waals surface area contributed by atoms with E-state index in [0.717, 1.165) is 52.5 Å². The zero-order valence-corrected chi connectivity index (χ0v) is 25.9. The first-order valence-corrected chi connectivity index (χ1v) is 12.7. The van der Waals surface area contributed by atoms with Crippen LogP contribution in [0.1, 0.15) is 46.6 Å². The van der Waals surface area contributed by atoms with E-state index in [1.807, 2.05) is 31.2 Å². The predicted octanol–water partition coefficient (Wildman–Crippen LogP) is 5.41. The number of benzene rings is 1. The van der Waals surface area contributed by atoms with Crippen LogP contribution >= 0.6 is 0 Å². The van der Waals surface area contributed by atoms with Gasteiger partial charge < -0.3 is 22.4 Å². The molecule has 0 saturated carbocycles. The fraction of sp³-hybridized carbons (Fsp3) is 0.323. The third kappa shape index (κ3) is 6.87. The number of aryl methyl sites for hydroxylation is 2. The summed E-state index contributed by atoms with van der Waals surface area (Å²) < 4.78 is 5.93. The van der Waals surface area contributed by atoms with Crippen LogP contribution < -0.4 is 10.2 Å². The first-order valence-electron chi connectivity index (χ1n) is 12.7. The number of pyridine rings is 3. The largest absolute Gasteiger partial charge is 1.00 e. The van der Waals surface area contributed by atoms with E-state index >= 15 is 0 Å². The number of nitrogens with one attached hydrogen (secondary N) is 1. The molecule has 3 aromatic heterocycles. The van der Waals surface area contributed by atoms with Crippen molar-refractivity contribution in [3.05, 3.63) is 90.1 Å². The van der Waals surface area contributed by atoms with Crippen molar-refractivity contribution in [3.63, 3.8) is 0 Å². The van der Waals surface area contributed by atoms with E-state index < -0.39 is 0 Å². The molecule has 205 valence electrons. The van der Waals surface area contributed by atoms with Crippen LogP contribution in [0.15, 0.2) is 48.7 Å². The van der Waals surface area contributed by atoms with Crippen LogP contribution in [-0.4, -0.2) is 46.2 Å². The zero-order chi connectivity index (χ0) is 26.1. The Hall–Kier alpha value is -3.20. The van der Waals surface area contributed by atoms with Crippen LogP contribution in [0.3, 0.4) is 0 Å². The normalized spacial score (nSPS) is 16.8. The number of hydrogen-bond donors (Lipinski definition) is 1. The summed E-state index contributed by atoms with van der Waals surface area (Å²) in [5.74, 6) is 0.837. The maximum Gasteiger partial charge on any atom is 1.00 e. The molecule has 4 heterocycles. The predicted molar refractivity (Wildman–Crippen MR) is 152 cm³/mol. The number of anilines is 1. The summed E-state index contributed by atoms with van der Waals surface area (Å²) in [4.78, 5) is 29.3. The van der Waals surface area contributed by atoms with Crippen molar-refractivity contribution in [3.8, 4) is 11.4 Å². The Balaban J connectivity index is 0.00000210. The molecule has 2 atom stereocenters. The fourth-order valence-electron chi connectivity index (χ4n) is 4.72. The Morgan fingerprint density at radius 2 is 1.79 bits per heavy atom. The molecule has 4 aromatic rings. The second kappa shape index (κ2) is 12.8. The average molecular weight is 700 g/mol. The van der Waals surface area contributed by atoms with Crippen LogP contribution in [0.4, 0.5) is 5.82 Å². The van der Waals surface area contributed by atoms with E-state index in [1.165, 1.54) is 11.1 Å². The van der Waals surface area contributed by atoms with E-state index in [0.29, 0.717) is 12.1 Å². The van der Waals surface area contributed by atoms with Gasteiger partial charge in [0.15, 0.2) is 5.91 Å².